The number of benzene rings is 1. The number of rotatable bonds is 0. The molecular formula is C12H16N2. The molecule has 2 nitrogen and oxygen atoms in total. The van der Waals surface area contributed by atoms with Gasteiger partial charge in [-0.05, 0) is 31.0 Å². The molecule has 0 spiro atoms. The molecule has 1 fully saturated rings. The maximum Gasteiger partial charge on any atom is 0.0838 e. The van der Waals surface area contributed by atoms with Gasteiger partial charge in [0.15, 0.2) is 0 Å². The van der Waals surface area contributed by atoms with Crippen LogP contribution in [0.15, 0.2) is 24.3 Å². The number of nitrogens with one attached hydrogen (secondary N) is 2. The molecule has 2 heteroatoms. The van der Waals surface area contributed by atoms with Crippen LogP contribution < -0.4 is 10.6 Å². The molecule has 0 radical (unpaired) electrons. The van der Waals surface area contributed by atoms with Gasteiger partial charge in [-0.3, -0.25) is 5.32 Å². The number of fused-ring (bicyclic) bond motifs is 3. The number of anilines is 1. The van der Waals surface area contributed by atoms with Crippen LogP contribution in [0.5, 0.6) is 0 Å². The predicted octanol–water partition coefficient (Wildman–Crippen LogP) is 2.30. The molecule has 1 saturated heterocycles. The minimum Gasteiger partial charge on any atom is -0.369 e. The second-order valence-corrected chi connectivity index (χ2v) is 4.27. The zero-order valence-corrected chi connectivity index (χ0v) is 8.29. The van der Waals surface area contributed by atoms with E-state index in [4.69, 9.17) is 0 Å². The fourth-order valence-corrected chi connectivity index (χ4v) is 2.66. The Labute approximate surface area is 84.7 Å². The van der Waals surface area contributed by atoms with Crippen LogP contribution in [-0.2, 0) is 0 Å². The predicted molar refractivity (Wildman–Crippen MR) is 58.4 cm³/mol. The second-order valence-electron chi connectivity index (χ2n) is 4.27. The van der Waals surface area contributed by atoms with E-state index >= 15 is 0 Å². The van der Waals surface area contributed by atoms with Gasteiger partial charge in [0.1, 0.15) is 0 Å². The zero-order chi connectivity index (χ0) is 9.38. The van der Waals surface area contributed by atoms with Crippen molar-refractivity contribution in [3.8, 4) is 0 Å². The lowest BCUT2D eigenvalue weighted by Crippen LogP contribution is -2.36. The van der Waals surface area contributed by atoms with Crippen LogP contribution in [0.25, 0.3) is 0 Å². The summed E-state index contributed by atoms with van der Waals surface area (Å²) in [5, 5.41) is 7.14. The van der Waals surface area contributed by atoms with Crippen molar-refractivity contribution in [2.75, 3.05) is 11.9 Å². The molecule has 2 unspecified atom stereocenters. The number of hydrogen-bond donors (Lipinski definition) is 2. The summed E-state index contributed by atoms with van der Waals surface area (Å²) in [6.07, 6.45) is 4.47. The summed E-state index contributed by atoms with van der Waals surface area (Å²) in [6, 6.07) is 8.70. The van der Waals surface area contributed by atoms with Crippen LogP contribution in [0.2, 0.25) is 0 Å². The first-order valence-electron chi connectivity index (χ1n) is 5.54. The number of para-hydroxylation sites is 1. The normalized spacial score (nSPS) is 30.0. The van der Waals surface area contributed by atoms with Crippen molar-refractivity contribution < 1.29 is 0 Å². The van der Waals surface area contributed by atoms with Gasteiger partial charge in [-0.25, -0.2) is 0 Å². The summed E-state index contributed by atoms with van der Waals surface area (Å²) in [6.45, 7) is 1.15. The quantitative estimate of drug-likeness (QED) is 0.652. The molecule has 1 aromatic carbocycles. The molecule has 2 N–H and O–H groups in total. The van der Waals surface area contributed by atoms with Gasteiger partial charge < -0.3 is 5.32 Å². The van der Waals surface area contributed by atoms with Crippen molar-refractivity contribution in [1.82, 2.24) is 5.32 Å². The largest absolute Gasteiger partial charge is 0.369 e. The van der Waals surface area contributed by atoms with Gasteiger partial charge in [-0.1, -0.05) is 24.6 Å². The Morgan fingerprint density at radius 2 is 2.07 bits per heavy atom. The van der Waals surface area contributed by atoms with Crippen LogP contribution in [0.1, 0.15) is 30.7 Å². The van der Waals surface area contributed by atoms with E-state index in [1.165, 1.54) is 30.5 Å². The van der Waals surface area contributed by atoms with E-state index in [0.717, 1.165) is 6.54 Å². The van der Waals surface area contributed by atoms with Gasteiger partial charge >= 0.3 is 0 Å². The monoisotopic (exact) mass is 188 g/mol. The summed E-state index contributed by atoms with van der Waals surface area (Å²) in [5.74, 6) is 0.689. The van der Waals surface area contributed by atoms with Crippen molar-refractivity contribution in [1.29, 1.82) is 0 Å². The molecule has 2 aliphatic heterocycles. The number of hydrogen-bond acceptors (Lipinski definition) is 2. The zero-order valence-electron chi connectivity index (χ0n) is 8.29. The molecule has 3 rings (SSSR count). The molecule has 74 valence electrons. The van der Waals surface area contributed by atoms with Crippen molar-refractivity contribution in [3.63, 3.8) is 0 Å². The molecule has 0 saturated carbocycles. The average molecular weight is 188 g/mol. The van der Waals surface area contributed by atoms with Crippen LogP contribution in [0.3, 0.4) is 0 Å². The van der Waals surface area contributed by atoms with Gasteiger partial charge in [0.2, 0.25) is 0 Å². The van der Waals surface area contributed by atoms with Crippen molar-refractivity contribution in [2.45, 2.75) is 31.3 Å². The van der Waals surface area contributed by atoms with Gasteiger partial charge in [0.05, 0.1) is 6.17 Å². The van der Waals surface area contributed by atoms with E-state index in [9.17, 15) is 0 Å². The summed E-state index contributed by atoms with van der Waals surface area (Å²) < 4.78 is 0. The summed E-state index contributed by atoms with van der Waals surface area (Å²) in [7, 11) is 0. The van der Waals surface area contributed by atoms with E-state index in [1.807, 2.05) is 0 Å². The lowest BCUT2D eigenvalue weighted by Gasteiger charge is -2.17. The summed E-state index contributed by atoms with van der Waals surface area (Å²) >= 11 is 0. The molecule has 0 aliphatic carbocycles. The fraction of sp³-hybridized carbons (Fsp3) is 0.500. The first-order chi connectivity index (χ1) is 6.95. The third-order valence-corrected chi connectivity index (χ3v) is 3.38. The molecule has 2 aliphatic rings. The van der Waals surface area contributed by atoms with E-state index < -0.39 is 0 Å². The van der Waals surface area contributed by atoms with E-state index in [-0.39, 0.29) is 0 Å². The topological polar surface area (TPSA) is 24.1 Å². The first-order valence-corrected chi connectivity index (χ1v) is 5.54. The Balaban J connectivity index is 1.96. The highest BCUT2D eigenvalue weighted by Gasteiger charge is 2.31. The minimum absolute atomic E-state index is 0.481. The van der Waals surface area contributed by atoms with Gasteiger partial charge in [-0.15, -0.1) is 0 Å². The standard InChI is InChI=1S/C12H16N2/c1-2-7-11-9(5-1)10-6-3-4-8-13-12(10)14-11/h1-2,5,7,10,12-14H,3-4,6,8H2. The van der Waals surface area contributed by atoms with Gasteiger partial charge in [0.25, 0.3) is 0 Å². The Morgan fingerprint density at radius 3 is 3.07 bits per heavy atom. The first kappa shape index (κ1) is 8.30. The highest BCUT2D eigenvalue weighted by Crippen LogP contribution is 2.38. The Bertz CT molecular complexity index is 335. The Hall–Kier alpha value is -1.02. The average Bonchev–Trinajstić information content (AvgIpc) is 2.42. The van der Waals surface area contributed by atoms with Gasteiger partial charge in [-0.2, -0.15) is 0 Å². The molecule has 1 aromatic rings. The van der Waals surface area contributed by atoms with Crippen LogP contribution in [0.4, 0.5) is 5.69 Å². The SMILES string of the molecule is c1ccc2c(c1)NC1NCCCCC21. The van der Waals surface area contributed by atoms with E-state index in [2.05, 4.69) is 34.9 Å². The van der Waals surface area contributed by atoms with Gasteiger partial charge in [0, 0.05) is 11.6 Å². The Morgan fingerprint density at radius 1 is 1.14 bits per heavy atom. The lowest BCUT2D eigenvalue weighted by molar-refractivity contribution is 0.518. The summed E-state index contributed by atoms with van der Waals surface area (Å²) in [5.41, 5.74) is 2.84. The fourth-order valence-electron chi connectivity index (χ4n) is 2.66. The van der Waals surface area contributed by atoms with Crippen LogP contribution >= 0.6 is 0 Å². The van der Waals surface area contributed by atoms with Crippen molar-refractivity contribution in [3.05, 3.63) is 29.8 Å². The van der Waals surface area contributed by atoms with Crippen LogP contribution in [-0.4, -0.2) is 12.7 Å². The second kappa shape index (κ2) is 3.28. The third-order valence-electron chi connectivity index (χ3n) is 3.38. The van der Waals surface area contributed by atoms with Crippen molar-refractivity contribution in [2.24, 2.45) is 0 Å². The molecule has 2 heterocycles. The third kappa shape index (κ3) is 1.22. The maximum absolute atomic E-state index is 3.58. The smallest absolute Gasteiger partial charge is 0.0838 e. The Kier molecular flexibility index (Phi) is 1.95. The molecular weight excluding hydrogens is 172 g/mol. The molecule has 0 bridgehead atoms. The maximum atomic E-state index is 3.58. The molecule has 0 aromatic heterocycles. The highest BCUT2D eigenvalue weighted by atomic mass is 15.2. The van der Waals surface area contributed by atoms with Crippen molar-refractivity contribution >= 4 is 5.69 Å². The highest BCUT2D eigenvalue weighted by molar-refractivity contribution is 5.59. The minimum atomic E-state index is 0.481. The van der Waals surface area contributed by atoms with E-state index in [1.54, 1.807) is 0 Å². The summed E-state index contributed by atoms with van der Waals surface area (Å²) in [4.78, 5) is 0. The molecule has 2 atom stereocenters. The molecule has 14 heavy (non-hydrogen) atoms. The molecule has 0 amide bonds. The van der Waals surface area contributed by atoms with Crippen LogP contribution in [0, 0.1) is 0 Å². The van der Waals surface area contributed by atoms with E-state index in [0.29, 0.717) is 12.1 Å². The lowest BCUT2D eigenvalue weighted by atomic mass is 9.94.